The monoisotopic (exact) mass is 336 g/mol. The molecule has 2 fully saturated rings. The molecule has 1 aromatic carbocycles. The van der Waals surface area contributed by atoms with Crippen LogP contribution in [0.5, 0.6) is 0 Å². The van der Waals surface area contributed by atoms with E-state index in [0.29, 0.717) is 26.3 Å². The van der Waals surface area contributed by atoms with Gasteiger partial charge in [-0.15, -0.1) is 0 Å². The average molecular weight is 336 g/mol. The first kappa shape index (κ1) is 16.8. The van der Waals surface area contributed by atoms with Gasteiger partial charge in [-0.1, -0.05) is 12.1 Å². The van der Waals surface area contributed by atoms with E-state index in [0.717, 1.165) is 0 Å². The van der Waals surface area contributed by atoms with Crippen molar-refractivity contribution in [1.82, 2.24) is 10.6 Å². The van der Waals surface area contributed by atoms with E-state index in [4.69, 9.17) is 14.2 Å². The zero-order valence-corrected chi connectivity index (χ0v) is 13.3. The first-order valence-electron chi connectivity index (χ1n) is 7.78. The fourth-order valence-corrected chi connectivity index (χ4v) is 2.93. The Kier molecular flexibility index (Phi) is 4.81. The van der Waals surface area contributed by atoms with Crippen molar-refractivity contribution in [3.05, 3.63) is 35.4 Å². The molecule has 3 rings (SSSR count). The SMILES string of the molecule is CC(OC(=O)c1ccccc1C(=O)O)(C1NCCO1)C1NCCO1. The minimum atomic E-state index is -1.19. The summed E-state index contributed by atoms with van der Waals surface area (Å²) in [5, 5.41) is 15.5. The van der Waals surface area contributed by atoms with Gasteiger partial charge in [-0.25, -0.2) is 9.59 Å². The topological polar surface area (TPSA) is 106 Å². The number of hydrogen-bond donors (Lipinski definition) is 3. The summed E-state index contributed by atoms with van der Waals surface area (Å²) in [7, 11) is 0. The molecular weight excluding hydrogens is 316 g/mol. The van der Waals surface area contributed by atoms with E-state index in [1.54, 1.807) is 19.1 Å². The van der Waals surface area contributed by atoms with Crippen LogP contribution >= 0.6 is 0 Å². The lowest BCUT2D eigenvalue weighted by Crippen LogP contribution is -2.60. The number of nitrogens with one attached hydrogen (secondary N) is 2. The van der Waals surface area contributed by atoms with Crippen LogP contribution in [0.15, 0.2) is 24.3 Å². The maximum atomic E-state index is 12.6. The molecule has 2 atom stereocenters. The molecule has 2 saturated heterocycles. The summed E-state index contributed by atoms with van der Waals surface area (Å²) < 4.78 is 16.9. The summed E-state index contributed by atoms with van der Waals surface area (Å²) in [6.07, 6.45) is -1.09. The second kappa shape index (κ2) is 6.86. The predicted octanol–water partition coefficient (Wildman–Crippen LogP) is 0.192. The molecule has 0 amide bonds. The van der Waals surface area contributed by atoms with Crippen molar-refractivity contribution in [2.45, 2.75) is 25.0 Å². The van der Waals surface area contributed by atoms with Gasteiger partial charge in [0, 0.05) is 13.1 Å². The number of hydrogen-bond acceptors (Lipinski definition) is 7. The average Bonchev–Trinajstić information content (AvgIpc) is 3.28. The van der Waals surface area contributed by atoms with Crippen LogP contribution in [0.3, 0.4) is 0 Å². The lowest BCUT2D eigenvalue weighted by molar-refractivity contribution is -0.159. The maximum absolute atomic E-state index is 12.6. The van der Waals surface area contributed by atoms with Crippen molar-refractivity contribution in [3.8, 4) is 0 Å². The molecule has 8 nitrogen and oxygen atoms in total. The number of benzene rings is 1. The molecule has 8 heteroatoms. The van der Waals surface area contributed by atoms with Gasteiger partial charge in [0.05, 0.1) is 24.3 Å². The second-order valence-corrected chi connectivity index (χ2v) is 5.83. The largest absolute Gasteiger partial charge is 0.478 e. The van der Waals surface area contributed by atoms with Crippen LogP contribution in [-0.4, -0.2) is 61.4 Å². The third-order valence-electron chi connectivity index (χ3n) is 4.16. The van der Waals surface area contributed by atoms with E-state index in [-0.39, 0.29) is 11.1 Å². The van der Waals surface area contributed by atoms with E-state index in [1.165, 1.54) is 12.1 Å². The van der Waals surface area contributed by atoms with Gasteiger partial charge in [0.15, 0.2) is 18.1 Å². The van der Waals surface area contributed by atoms with Gasteiger partial charge in [0.2, 0.25) is 0 Å². The van der Waals surface area contributed by atoms with Crippen molar-refractivity contribution in [2.75, 3.05) is 26.3 Å². The fourth-order valence-electron chi connectivity index (χ4n) is 2.93. The quantitative estimate of drug-likeness (QED) is 0.655. The zero-order valence-electron chi connectivity index (χ0n) is 13.3. The molecule has 3 N–H and O–H groups in total. The number of carbonyl (C=O) groups excluding carboxylic acids is 1. The molecule has 2 aliphatic heterocycles. The highest BCUT2D eigenvalue weighted by Crippen LogP contribution is 2.28. The van der Waals surface area contributed by atoms with Crippen LogP contribution in [0.1, 0.15) is 27.6 Å². The van der Waals surface area contributed by atoms with Crippen molar-refractivity contribution < 1.29 is 28.9 Å². The van der Waals surface area contributed by atoms with Gasteiger partial charge in [-0.2, -0.15) is 0 Å². The van der Waals surface area contributed by atoms with Gasteiger partial charge in [0.1, 0.15) is 0 Å². The van der Waals surface area contributed by atoms with E-state index in [9.17, 15) is 14.7 Å². The van der Waals surface area contributed by atoms with Gasteiger partial charge in [-0.05, 0) is 19.1 Å². The lowest BCUT2D eigenvalue weighted by atomic mass is 10.0. The molecule has 130 valence electrons. The van der Waals surface area contributed by atoms with E-state index in [1.807, 2.05) is 0 Å². The normalized spacial score (nSPS) is 26.0. The molecule has 24 heavy (non-hydrogen) atoms. The predicted molar refractivity (Wildman–Crippen MR) is 82.7 cm³/mol. The molecule has 0 radical (unpaired) electrons. The second-order valence-electron chi connectivity index (χ2n) is 5.83. The summed E-state index contributed by atoms with van der Waals surface area (Å²) in [6.45, 7) is 3.97. The number of esters is 1. The standard InChI is InChI=1S/C16H20N2O6/c1-16(14-17-6-8-22-14,15-18-7-9-23-15)24-13(21)11-5-3-2-4-10(11)12(19)20/h2-5,14-15,17-18H,6-9H2,1H3,(H,19,20). The highest BCUT2D eigenvalue weighted by atomic mass is 16.6. The number of aromatic carboxylic acids is 1. The highest BCUT2D eigenvalue weighted by molar-refractivity contribution is 6.02. The Morgan fingerprint density at radius 2 is 1.67 bits per heavy atom. The van der Waals surface area contributed by atoms with E-state index >= 15 is 0 Å². The summed E-state index contributed by atoms with van der Waals surface area (Å²) in [6, 6.07) is 5.95. The Labute approximate surface area is 139 Å². The number of rotatable bonds is 5. The van der Waals surface area contributed by atoms with Crippen LogP contribution < -0.4 is 10.6 Å². The first-order valence-corrected chi connectivity index (χ1v) is 7.78. The Morgan fingerprint density at radius 3 is 2.12 bits per heavy atom. The first-order chi connectivity index (χ1) is 11.5. The molecule has 0 saturated carbocycles. The van der Waals surface area contributed by atoms with E-state index < -0.39 is 30.0 Å². The molecule has 2 aliphatic rings. The molecule has 0 aromatic heterocycles. The highest BCUT2D eigenvalue weighted by Gasteiger charge is 2.50. The smallest absolute Gasteiger partial charge is 0.339 e. The van der Waals surface area contributed by atoms with E-state index in [2.05, 4.69) is 10.6 Å². The van der Waals surface area contributed by atoms with Crippen molar-refractivity contribution in [2.24, 2.45) is 0 Å². The molecule has 0 aliphatic carbocycles. The lowest BCUT2D eigenvalue weighted by Gasteiger charge is -2.38. The van der Waals surface area contributed by atoms with Crippen molar-refractivity contribution >= 4 is 11.9 Å². The molecule has 2 heterocycles. The maximum Gasteiger partial charge on any atom is 0.339 e. The Morgan fingerprint density at radius 1 is 1.12 bits per heavy atom. The van der Waals surface area contributed by atoms with Gasteiger partial charge < -0.3 is 19.3 Å². The third-order valence-corrected chi connectivity index (χ3v) is 4.16. The summed E-state index contributed by atoms with van der Waals surface area (Å²) in [5.74, 6) is -1.92. The number of carboxylic acids is 1. The Bertz CT molecular complexity index is 607. The fraction of sp³-hybridized carbons (Fsp3) is 0.500. The molecule has 2 unspecified atom stereocenters. The number of ether oxygens (including phenoxy) is 3. The summed E-state index contributed by atoms with van der Waals surface area (Å²) >= 11 is 0. The Balaban J connectivity index is 1.87. The van der Waals surface area contributed by atoms with Crippen LogP contribution in [0.25, 0.3) is 0 Å². The Hall–Kier alpha value is -2.00. The van der Waals surface area contributed by atoms with Crippen molar-refractivity contribution in [3.63, 3.8) is 0 Å². The molecular formula is C16H20N2O6. The molecule has 0 bridgehead atoms. The van der Waals surface area contributed by atoms with Crippen LogP contribution in [0.2, 0.25) is 0 Å². The zero-order chi connectivity index (χ0) is 17.2. The van der Waals surface area contributed by atoms with Crippen LogP contribution in [-0.2, 0) is 14.2 Å². The van der Waals surface area contributed by atoms with Crippen molar-refractivity contribution in [1.29, 1.82) is 0 Å². The van der Waals surface area contributed by atoms with Crippen LogP contribution in [0, 0.1) is 0 Å². The number of carboxylic acid groups (broad SMARTS) is 1. The van der Waals surface area contributed by atoms with Gasteiger partial charge in [0.25, 0.3) is 0 Å². The summed E-state index contributed by atoms with van der Waals surface area (Å²) in [5.41, 5.74) is -1.26. The molecule has 0 spiro atoms. The van der Waals surface area contributed by atoms with Gasteiger partial charge in [-0.3, -0.25) is 10.6 Å². The minimum Gasteiger partial charge on any atom is -0.478 e. The number of carbonyl (C=O) groups is 2. The minimum absolute atomic E-state index is 0.00720. The van der Waals surface area contributed by atoms with Crippen LogP contribution in [0.4, 0.5) is 0 Å². The van der Waals surface area contributed by atoms with Gasteiger partial charge >= 0.3 is 11.9 Å². The summed E-state index contributed by atoms with van der Waals surface area (Å²) in [4.78, 5) is 24.0. The molecule has 1 aromatic rings. The third kappa shape index (κ3) is 3.13.